The molecule has 124 valence electrons. The number of amides is 1. The van der Waals surface area contributed by atoms with E-state index >= 15 is 0 Å². The molecule has 0 aliphatic rings. The molecule has 2 aromatic rings. The predicted octanol–water partition coefficient (Wildman–Crippen LogP) is 4.46. The summed E-state index contributed by atoms with van der Waals surface area (Å²) in [6.07, 6.45) is 0. The van der Waals surface area contributed by atoms with E-state index in [9.17, 15) is 4.79 Å². The Labute approximate surface area is 142 Å². The Morgan fingerprint density at radius 3 is 2.39 bits per heavy atom. The number of carbonyl (C=O) groups is 1. The number of aromatic nitrogens is 1. The molecule has 1 N–H and O–H groups in total. The first-order valence-electron chi connectivity index (χ1n) is 7.67. The molecule has 0 aliphatic carbocycles. The molecule has 1 amide bonds. The highest BCUT2D eigenvalue weighted by atomic mass is 32.2. The van der Waals surface area contributed by atoms with Gasteiger partial charge in [-0.2, -0.15) is 0 Å². The summed E-state index contributed by atoms with van der Waals surface area (Å²) >= 11 is 1.56. The van der Waals surface area contributed by atoms with Gasteiger partial charge in [-0.05, 0) is 37.0 Å². The van der Waals surface area contributed by atoms with Gasteiger partial charge < -0.3 is 9.84 Å². The zero-order chi connectivity index (χ0) is 17.0. The minimum Gasteiger partial charge on any atom is -0.361 e. The summed E-state index contributed by atoms with van der Waals surface area (Å²) in [5, 5.41) is 6.85. The molecule has 0 fully saturated rings. The summed E-state index contributed by atoms with van der Waals surface area (Å²) in [6, 6.07) is 8.04. The molecule has 0 atom stereocenters. The second-order valence-corrected chi connectivity index (χ2v) is 7.66. The third-order valence-corrected chi connectivity index (χ3v) is 4.65. The molecule has 0 saturated heterocycles. The number of carbonyl (C=O) groups excluding carboxylic acids is 1. The Hall–Kier alpha value is -1.75. The maximum absolute atomic E-state index is 12.0. The van der Waals surface area contributed by atoms with Crippen LogP contribution in [-0.4, -0.2) is 16.8 Å². The van der Waals surface area contributed by atoms with E-state index in [1.807, 2.05) is 26.0 Å². The van der Waals surface area contributed by atoms with Gasteiger partial charge in [0.2, 0.25) is 5.91 Å². The highest BCUT2D eigenvalue weighted by Gasteiger charge is 2.13. The molecule has 23 heavy (non-hydrogen) atoms. The smallest absolute Gasteiger partial charge is 0.234 e. The van der Waals surface area contributed by atoms with Crippen LogP contribution in [0.5, 0.6) is 0 Å². The van der Waals surface area contributed by atoms with Crippen molar-refractivity contribution in [3.8, 4) is 0 Å². The largest absolute Gasteiger partial charge is 0.361 e. The van der Waals surface area contributed by atoms with Gasteiger partial charge in [-0.25, -0.2) is 0 Å². The van der Waals surface area contributed by atoms with Gasteiger partial charge in [0.1, 0.15) is 5.76 Å². The normalized spacial score (nSPS) is 11.5. The lowest BCUT2D eigenvalue weighted by Crippen LogP contribution is -2.15. The molecule has 0 saturated carbocycles. The lowest BCUT2D eigenvalue weighted by Gasteiger charge is -2.19. The molecule has 0 bridgehead atoms. The average molecular weight is 332 g/mol. The van der Waals surface area contributed by atoms with Gasteiger partial charge >= 0.3 is 0 Å². The fraction of sp³-hybridized carbons (Fsp3) is 0.444. The number of rotatable bonds is 5. The third kappa shape index (κ3) is 4.86. The molecule has 0 spiro atoms. The molecular formula is C18H24N2O2S. The van der Waals surface area contributed by atoms with Gasteiger partial charge in [0.15, 0.2) is 0 Å². The molecule has 1 aromatic carbocycles. The Morgan fingerprint density at radius 1 is 1.22 bits per heavy atom. The number of nitrogens with one attached hydrogen (secondary N) is 1. The van der Waals surface area contributed by atoms with Crippen molar-refractivity contribution in [2.45, 2.75) is 45.8 Å². The predicted molar refractivity (Wildman–Crippen MR) is 95.9 cm³/mol. The van der Waals surface area contributed by atoms with Crippen LogP contribution in [0.4, 0.5) is 5.69 Å². The molecule has 0 unspecified atom stereocenters. The van der Waals surface area contributed by atoms with Crippen molar-refractivity contribution >= 4 is 23.4 Å². The zero-order valence-corrected chi connectivity index (χ0v) is 15.2. The molecule has 5 heteroatoms. The van der Waals surface area contributed by atoms with Gasteiger partial charge in [-0.15, -0.1) is 11.8 Å². The number of thioether (sulfide) groups is 1. The van der Waals surface area contributed by atoms with E-state index < -0.39 is 0 Å². The monoisotopic (exact) mass is 332 g/mol. The van der Waals surface area contributed by atoms with Crippen molar-refractivity contribution < 1.29 is 9.32 Å². The highest BCUT2D eigenvalue weighted by Crippen LogP contribution is 2.24. The van der Waals surface area contributed by atoms with Crippen LogP contribution in [0.1, 0.15) is 43.4 Å². The van der Waals surface area contributed by atoms with Crippen LogP contribution >= 0.6 is 11.8 Å². The molecule has 4 nitrogen and oxygen atoms in total. The Kier molecular flexibility index (Phi) is 5.52. The van der Waals surface area contributed by atoms with Crippen molar-refractivity contribution in [2.24, 2.45) is 0 Å². The number of anilines is 1. The van der Waals surface area contributed by atoms with E-state index in [0.717, 1.165) is 28.5 Å². The average Bonchev–Trinajstić information content (AvgIpc) is 2.78. The number of benzene rings is 1. The van der Waals surface area contributed by atoms with Crippen LogP contribution in [0.3, 0.4) is 0 Å². The van der Waals surface area contributed by atoms with Gasteiger partial charge in [0.25, 0.3) is 0 Å². The summed E-state index contributed by atoms with van der Waals surface area (Å²) < 4.78 is 5.12. The van der Waals surface area contributed by atoms with Crippen LogP contribution < -0.4 is 5.32 Å². The van der Waals surface area contributed by atoms with Gasteiger partial charge in [-0.1, -0.05) is 38.1 Å². The lowest BCUT2D eigenvalue weighted by molar-refractivity contribution is -0.113. The van der Waals surface area contributed by atoms with Crippen LogP contribution in [-0.2, 0) is 16.0 Å². The van der Waals surface area contributed by atoms with Crippen molar-refractivity contribution in [3.63, 3.8) is 0 Å². The zero-order valence-electron chi connectivity index (χ0n) is 14.4. The van der Waals surface area contributed by atoms with Crippen molar-refractivity contribution in [1.82, 2.24) is 5.16 Å². The van der Waals surface area contributed by atoms with Crippen molar-refractivity contribution in [2.75, 3.05) is 11.1 Å². The van der Waals surface area contributed by atoms with E-state index in [0.29, 0.717) is 5.75 Å². The third-order valence-electron chi connectivity index (χ3n) is 3.70. The molecule has 1 heterocycles. The number of nitrogens with zero attached hydrogens (tertiary/aromatic N) is 1. The SMILES string of the molecule is Cc1noc(C)c1CSCC(=O)Nc1ccc(C(C)(C)C)cc1. The minimum atomic E-state index is 0.00488. The molecular weight excluding hydrogens is 308 g/mol. The van der Waals surface area contributed by atoms with Gasteiger partial charge in [-0.3, -0.25) is 4.79 Å². The summed E-state index contributed by atoms with van der Waals surface area (Å²) in [4.78, 5) is 12.0. The maximum Gasteiger partial charge on any atom is 0.234 e. The van der Waals surface area contributed by atoms with Crippen LogP contribution in [0.15, 0.2) is 28.8 Å². The van der Waals surface area contributed by atoms with Crippen LogP contribution in [0.2, 0.25) is 0 Å². The molecule has 0 radical (unpaired) electrons. The number of hydrogen-bond donors (Lipinski definition) is 1. The lowest BCUT2D eigenvalue weighted by atomic mass is 9.87. The Bertz CT molecular complexity index is 650. The fourth-order valence-electron chi connectivity index (χ4n) is 2.20. The standard InChI is InChI=1S/C18H24N2O2S/c1-12-16(13(2)22-20-12)10-23-11-17(21)19-15-8-6-14(7-9-15)18(3,4)5/h6-9H,10-11H2,1-5H3,(H,19,21). The molecule has 1 aromatic heterocycles. The summed E-state index contributed by atoms with van der Waals surface area (Å²) in [6.45, 7) is 10.3. The summed E-state index contributed by atoms with van der Waals surface area (Å²) in [5.41, 5.74) is 4.18. The second-order valence-electron chi connectivity index (χ2n) is 6.67. The van der Waals surface area contributed by atoms with E-state index in [1.165, 1.54) is 5.56 Å². The van der Waals surface area contributed by atoms with Crippen LogP contribution in [0, 0.1) is 13.8 Å². The highest BCUT2D eigenvalue weighted by molar-refractivity contribution is 7.99. The Balaban J connectivity index is 1.83. The Morgan fingerprint density at radius 2 is 1.87 bits per heavy atom. The number of aryl methyl sites for hydroxylation is 2. The summed E-state index contributed by atoms with van der Waals surface area (Å²) in [5.74, 6) is 1.97. The van der Waals surface area contributed by atoms with E-state index in [4.69, 9.17) is 4.52 Å². The molecule has 0 aliphatic heterocycles. The van der Waals surface area contributed by atoms with Gasteiger partial charge in [0.05, 0.1) is 11.4 Å². The van der Waals surface area contributed by atoms with Crippen LogP contribution in [0.25, 0.3) is 0 Å². The quantitative estimate of drug-likeness (QED) is 0.878. The van der Waals surface area contributed by atoms with E-state index in [1.54, 1.807) is 11.8 Å². The first-order chi connectivity index (χ1) is 10.8. The second kappa shape index (κ2) is 7.21. The number of hydrogen-bond acceptors (Lipinski definition) is 4. The van der Waals surface area contributed by atoms with E-state index in [2.05, 4.69) is 43.4 Å². The first kappa shape index (κ1) is 17.6. The fourth-order valence-corrected chi connectivity index (χ4v) is 3.18. The summed E-state index contributed by atoms with van der Waals surface area (Å²) in [7, 11) is 0. The molecule has 2 rings (SSSR count). The first-order valence-corrected chi connectivity index (χ1v) is 8.82. The maximum atomic E-state index is 12.0. The van der Waals surface area contributed by atoms with Crippen molar-refractivity contribution in [1.29, 1.82) is 0 Å². The minimum absolute atomic E-state index is 0.00488. The van der Waals surface area contributed by atoms with E-state index in [-0.39, 0.29) is 11.3 Å². The topological polar surface area (TPSA) is 55.1 Å². The van der Waals surface area contributed by atoms with Crippen molar-refractivity contribution in [3.05, 3.63) is 46.8 Å². The van der Waals surface area contributed by atoms with Gasteiger partial charge in [0, 0.05) is 17.0 Å².